The molecule has 0 aliphatic rings. The molecular weight excluding hydrogens is 133 g/mol. The number of anilines is 1. The lowest BCUT2D eigenvalue weighted by Crippen LogP contribution is -1.91. The summed E-state index contributed by atoms with van der Waals surface area (Å²) in [6.45, 7) is 1.73. The largest absolute Gasteiger partial charge is 0.505 e. The van der Waals surface area contributed by atoms with Gasteiger partial charge in [-0.05, 0) is 24.6 Å². The molecule has 1 aromatic carbocycles. The van der Waals surface area contributed by atoms with Gasteiger partial charge in [0.15, 0.2) is 11.6 Å². The Morgan fingerprint density at radius 1 is 1.50 bits per heavy atom. The second-order valence-electron chi connectivity index (χ2n) is 2.19. The van der Waals surface area contributed by atoms with Crippen molar-refractivity contribution in [2.45, 2.75) is 6.92 Å². The molecule has 1 rings (SSSR count). The Morgan fingerprint density at radius 2 is 2.10 bits per heavy atom. The van der Waals surface area contributed by atoms with Crippen LogP contribution in [0.1, 0.15) is 5.56 Å². The number of aromatic hydroxyl groups is 1. The van der Waals surface area contributed by atoms with Gasteiger partial charge in [-0.15, -0.1) is 0 Å². The summed E-state index contributed by atoms with van der Waals surface area (Å²) in [6, 6.07) is 2.79. The standard InChI is InChI=1S/C7H8FNO/c1-4-2-5(9)7(8)6(10)3-4/h2-3,10H,9H2,1H3. The molecule has 0 heterocycles. The third-order valence-corrected chi connectivity index (χ3v) is 1.23. The van der Waals surface area contributed by atoms with Crippen molar-refractivity contribution in [2.24, 2.45) is 0 Å². The van der Waals surface area contributed by atoms with E-state index in [0.717, 1.165) is 5.56 Å². The molecule has 0 fully saturated rings. The Morgan fingerprint density at radius 3 is 2.60 bits per heavy atom. The van der Waals surface area contributed by atoms with Crippen molar-refractivity contribution >= 4 is 5.69 Å². The SMILES string of the molecule is Cc1cc(N)c(F)c(O)c1. The van der Waals surface area contributed by atoms with Crippen molar-refractivity contribution in [2.75, 3.05) is 5.73 Å². The molecule has 10 heavy (non-hydrogen) atoms. The Labute approximate surface area is 58.1 Å². The average molecular weight is 141 g/mol. The van der Waals surface area contributed by atoms with Crippen LogP contribution in [0.3, 0.4) is 0 Å². The summed E-state index contributed by atoms with van der Waals surface area (Å²) >= 11 is 0. The van der Waals surface area contributed by atoms with E-state index in [-0.39, 0.29) is 5.69 Å². The molecule has 0 saturated carbocycles. The monoisotopic (exact) mass is 141 g/mol. The van der Waals surface area contributed by atoms with Crippen LogP contribution < -0.4 is 5.73 Å². The van der Waals surface area contributed by atoms with Crippen molar-refractivity contribution < 1.29 is 9.50 Å². The summed E-state index contributed by atoms with van der Waals surface area (Å²) in [4.78, 5) is 0. The number of phenolic OH excluding ortho intramolecular Hbond substituents is 1. The highest BCUT2D eigenvalue weighted by Gasteiger charge is 2.03. The van der Waals surface area contributed by atoms with Crippen molar-refractivity contribution in [1.82, 2.24) is 0 Å². The van der Waals surface area contributed by atoms with Crippen LogP contribution in [0, 0.1) is 12.7 Å². The smallest absolute Gasteiger partial charge is 0.187 e. The Kier molecular flexibility index (Phi) is 1.49. The van der Waals surface area contributed by atoms with E-state index in [0.29, 0.717) is 0 Å². The van der Waals surface area contributed by atoms with Gasteiger partial charge in [-0.3, -0.25) is 0 Å². The number of nitrogen functional groups attached to an aromatic ring is 1. The second kappa shape index (κ2) is 2.17. The summed E-state index contributed by atoms with van der Waals surface area (Å²) in [5.74, 6) is -1.14. The maximum atomic E-state index is 12.5. The van der Waals surface area contributed by atoms with Gasteiger partial charge < -0.3 is 10.8 Å². The molecule has 1 aromatic rings. The number of halogens is 1. The Balaban J connectivity index is 3.31. The highest BCUT2D eigenvalue weighted by atomic mass is 19.1. The fourth-order valence-corrected chi connectivity index (χ4v) is 0.777. The molecule has 0 spiro atoms. The van der Waals surface area contributed by atoms with E-state index in [1.54, 1.807) is 6.92 Å². The van der Waals surface area contributed by atoms with Gasteiger partial charge in [0.1, 0.15) is 0 Å². The van der Waals surface area contributed by atoms with Crippen LogP contribution in [0.5, 0.6) is 5.75 Å². The molecule has 54 valence electrons. The minimum absolute atomic E-state index is 0.0162. The molecule has 0 saturated heterocycles. The normalized spacial score (nSPS) is 9.80. The highest BCUT2D eigenvalue weighted by Crippen LogP contribution is 2.22. The van der Waals surface area contributed by atoms with Crippen LogP contribution in [0.15, 0.2) is 12.1 Å². The number of aryl methyl sites for hydroxylation is 1. The Hall–Kier alpha value is -1.25. The summed E-state index contributed by atoms with van der Waals surface area (Å²) < 4.78 is 12.5. The van der Waals surface area contributed by atoms with Gasteiger partial charge in [-0.25, -0.2) is 4.39 Å². The third kappa shape index (κ3) is 1.03. The van der Waals surface area contributed by atoms with Gasteiger partial charge in [-0.1, -0.05) is 0 Å². The van der Waals surface area contributed by atoms with Gasteiger partial charge >= 0.3 is 0 Å². The van der Waals surface area contributed by atoms with E-state index in [1.165, 1.54) is 12.1 Å². The predicted octanol–water partition coefficient (Wildman–Crippen LogP) is 1.42. The fourth-order valence-electron chi connectivity index (χ4n) is 0.777. The predicted molar refractivity (Wildman–Crippen MR) is 37.2 cm³/mol. The van der Waals surface area contributed by atoms with Crippen LogP contribution in [-0.4, -0.2) is 5.11 Å². The van der Waals surface area contributed by atoms with E-state index in [9.17, 15) is 4.39 Å². The summed E-state index contributed by atoms with van der Waals surface area (Å²) in [7, 11) is 0. The number of phenols is 1. The topological polar surface area (TPSA) is 46.2 Å². The average Bonchev–Trinajstić information content (AvgIpc) is 1.82. The van der Waals surface area contributed by atoms with Crippen molar-refractivity contribution in [3.05, 3.63) is 23.5 Å². The second-order valence-corrected chi connectivity index (χ2v) is 2.19. The minimum atomic E-state index is -0.745. The molecule has 0 bridgehead atoms. The van der Waals surface area contributed by atoms with Crippen LogP contribution in [0.2, 0.25) is 0 Å². The van der Waals surface area contributed by atoms with E-state index < -0.39 is 11.6 Å². The number of hydrogen-bond acceptors (Lipinski definition) is 2. The lowest BCUT2D eigenvalue weighted by molar-refractivity contribution is 0.433. The summed E-state index contributed by atoms with van der Waals surface area (Å²) in [5, 5.41) is 8.83. The van der Waals surface area contributed by atoms with E-state index in [4.69, 9.17) is 10.8 Å². The van der Waals surface area contributed by atoms with E-state index >= 15 is 0 Å². The minimum Gasteiger partial charge on any atom is -0.505 e. The van der Waals surface area contributed by atoms with Gasteiger partial charge in [0.25, 0.3) is 0 Å². The van der Waals surface area contributed by atoms with Gasteiger partial charge in [0.05, 0.1) is 5.69 Å². The first-order chi connectivity index (χ1) is 4.61. The van der Waals surface area contributed by atoms with Crippen LogP contribution >= 0.6 is 0 Å². The zero-order valence-electron chi connectivity index (χ0n) is 5.56. The quantitative estimate of drug-likeness (QED) is 0.537. The molecule has 0 radical (unpaired) electrons. The maximum absolute atomic E-state index is 12.5. The summed E-state index contributed by atoms with van der Waals surface area (Å²) in [6.07, 6.45) is 0. The van der Waals surface area contributed by atoms with E-state index in [2.05, 4.69) is 0 Å². The van der Waals surface area contributed by atoms with Gasteiger partial charge in [0, 0.05) is 0 Å². The molecular formula is C7H8FNO. The van der Waals surface area contributed by atoms with Crippen LogP contribution in [0.25, 0.3) is 0 Å². The first kappa shape index (κ1) is 6.86. The molecule has 3 heteroatoms. The molecule has 0 aliphatic heterocycles. The molecule has 0 aliphatic carbocycles. The molecule has 0 atom stereocenters. The maximum Gasteiger partial charge on any atom is 0.187 e. The first-order valence-electron chi connectivity index (χ1n) is 2.86. The zero-order chi connectivity index (χ0) is 7.72. The highest BCUT2D eigenvalue weighted by molar-refractivity contribution is 5.48. The lowest BCUT2D eigenvalue weighted by Gasteiger charge is -1.99. The molecule has 0 aromatic heterocycles. The van der Waals surface area contributed by atoms with Gasteiger partial charge in [-0.2, -0.15) is 0 Å². The Bertz CT molecular complexity index is 237. The van der Waals surface area contributed by atoms with Crippen molar-refractivity contribution in [3.8, 4) is 5.75 Å². The molecule has 0 amide bonds. The number of hydrogen-bond donors (Lipinski definition) is 2. The lowest BCUT2D eigenvalue weighted by atomic mass is 10.2. The van der Waals surface area contributed by atoms with Crippen molar-refractivity contribution in [3.63, 3.8) is 0 Å². The van der Waals surface area contributed by atoms with Crippen LogP contribution in [0.4, 0.5) is 10.1 Å². The molecule has 0 unspecified atom stereocenters. The van der Waals surface area contributed by atoms with E-state index in [1.807, 2.05) is 0 Å². The van der Waals surface area contributed by atoms with Crippen LogP contribution in [-0.2, 0) is 0 Å². The fraction of sp³-hybridized carbons (Fsp3) is 0.143. The first-order valence-corrected chi connectivity index (χ1v) is 2.86. The number of nitrogens with two attached hydrogens (primary N) is 1. The molecule has 3 N–H and O–H groups in total. The van der Waals surface area contributed by atoms with Gasteiger partial charge in [0.2, 0.25) is 0 Å². The van der Waals surface area contributed by atoms with Crippen molar-refractivity contribution in [1.29, 1.82) is 0 Å². The molecule has 2 nitrogen and oxygen atoms in total. The third-order valence-electron chi connectivity index (χ3n) is 1.23. The number of rotatable bonds is 0. The zero-order valence-corrected chi connectivity index (χ0v) is 5.56. The summed E-state index contributed by atoms with van der Waals surface area (Å²) in [5.41, 5.74) is 5.92. The number of benzene rings is 1.